The van der Waals surface area contributed by atoms with Crippen molar-refractivity contribution in [3.63, 3.8) is 0 Å². The van der Waals surface area contributed by atoms with Gasteiger partial charge in [-0.05, 0) is 36.4 Å². The Morgan fingerprint density at radius 3 is 2.41 bits per heavy atom. The number of benzene rings is 3. The predicted molar refractivity (Wildman–Crippen MR) is 101 cm³/mol. The Balaban J connectivity index is 1.77. The highest BCUT2D eigenvalue weighted by Gasteiger charge is 2.18. The monoisotopic (exact) mass is 364 g/mol. The van der Waals surface area contributed by atoms with E-state index in [1.54, 1.807) is 24.3 Å². The zero-order valence-corrected chi connectivity index (χ0v) is 14.4. The molecule has 0 radical (unpaired) electrons. The number of ether oxygens (including phenoxy) is 2. The first-order valence-corrected chi connectivity index (χ1v) is 8.03. The highest BCUT2D eigenvalue weighted by atomic mass is 16.6. The summed E-state index contributed by atoms with van der Waals surface area (Å²) in [6, 6.07) is 20.2. The molecule has 0 unspecified atom stereocenters. The number of amides is 1. The van der Waals surface area contributed by atoms with E-state index in [1.807, 2.05) is 30.3 Å². The number of carbonyl (C=O) groups is 1. The predicted octanol–water partition coefficient (Wildman–Crippen LogP) is 4.65. The van der Waals surface area contributed by atoms with E-state index in [0.29, 0.717) is 17.2 Å². The molecule has 0 aliphatic heterocycles. The second-order valence-corrected chi connectivity index (χ2v) is 5.54. The van der Waals surface area contributed by atoms with Crippen LogP contribution in [0.2, 0.25) is 0 Å². The van der Waals surface area contributed by atoms with Crippen molar-refractivity contribution in [1.82, 2.24) is 0 Å². The largest absolute Gasteiger partial charge is 0.490 e. The number of nitro groups is 1. The van der Waals surface area contributed by atoms with Gasteiger partial charge in [0.25, 0.3) is 5.91 Å². The summed E-state index contributed by atoms with van der Waals surface area (Å²) in [6.07, 6.45) is 0. The molecule has 0 atom stereocenters. The van der Waals surface area contributed by atoms with Crippen molar-refractivity contribution in [2.45, 2.75) is 0 Å². The highest BCUT2D eigenvalue weighted by molar-refractivity contribution is 6.04. The summed E-state index contributed by atoms with van der Waals surface area (Å²) in [5.41, 5.74) is 0.384. The van der Waals surface area contributed by atoms with E-state index < -0.39 is 10.8 Å². The summed E-state index contributed by atoms with van der Waals surface area (Å²) >= 11 is 0. The van der Waals surface area contributed by atoms with Crippen molar-refractivity contribution >= 4 is 17.3 Å². The van der Waals surface area contributed by atoms with Crippen LogP contribution in [0, 0.1) is 10.1 Å². The first kappa shape index (κ1) is 17.9. The third-order valence-electron chi connectivity index (χ3n) is 3.71. The van der Waals surface area contributed by atoms with Gasteiger partial charge in [-0.25, -0.2) is 0 Å². The van der Waals surface area contributed by atoms with Gasteiger partial charge >= 0.3 is 5.69 Å². The second kappa shape index (κ2) is 8.01. The molecule has 3 aromatic rings. The molecule has 0 fully saturated rings. The van der Waals surface area contributed by atoms with E-state index >= 15 is 0 Å². The first-order valence-electron chi connectivity index (χ1n) is 8.03. The molecule has 3 rings (SSSR count). The van der Waals surface area contributed by atoms with Gasteiger partial charge in [0, 0.05) is 23.4 Å². The molecular weight excluding hydrogens is 348 g/mol. The molecule has 0 aliphatic carbocycles. The van der Waals surface area contributed by atoms with Gasteiger partial charge in [0.15, 0.2) is 5.75 Å². The molecular formula is C20H16N2O5. The van der Waals surface area contributed by atoms with Gasteiger partial charge in [0.05, 0.1) is 12.0 Å². The maximum Gasteiger partial charge on any atom is 0.311 e. The molecule has 0 aliphatic rings. The third kappa shape index (κ3) is 4.40. The van der Waals surface area contributed by atoms with Gasteiger partial charge in [0.1, 0.15) is 11.5 Å². The summed E-state index contributed by atoms with van der Waals surface area (Å²) in [5, 5.41) is 13.8. The molecule has 0 saturated carbocycles. The highest BCUT2D eigenvalue weighted by Crippen LogP contribution is 2.28. The molecule has 0 bridgehead atoms. The number of rotatable bonds is 6. The summed E-state index contributed by atoms with van der Waals surface area (Å²) in [5.74, 6) is 0.846. The van der Waals surface area contributed by atoms with Crippen LogP contribution < -0.4 is 14.8 Å². The fourth-order valence-electron chi connectivity index (χ4n) is 2.44. The van der Waals surface area contributed by atoms with Crippen molar-refractivity contribution in [3.05, 3.63) is 88.5 Å². The Labute approximate surface area is 155 Å². The van der Waals surface area contributed by atoms with Crippen LogP contribution in [0.25, 0.3) is 0 Å². The lowest BCUT2D eigenvalue weighted by Gasteiger charge is -2.09. The van der Waals surface area contributed by atoms with Crippen LogP contribution in [-0.4, -0.2) is 17.9 Å². The molecule has 3 aromatic carbocycles. The van der Waals surface area contributed by atoms with Gasteiger partial charge in [-0.1, -0.05) is 24.3 Å². The van der Waals surface area contributed by atoms with E-state index in [4.69, 9.17) is 9.47 Å². The van der Waals surface area contributed by atoms with Gasteiger partial charge in [-0.3, -0.25) is 14.9 Å². The Kier molecular flexibility index (Phi) is 5.32. The van der Waals surface area contributed by atoms with E-state index in [0.717, 1.165) is 0 Å². The number of para-hydroxylation sites is 1. The summed E-state index contributed by atoms with van der Waals surface area (Å²) < 4.78 is 10.7. The van der Waals surface area contributed by atoms with E-state index in [-0.39, 0.29) is 17.0 Å². The molecule has 27 heavy (non-hydrogen) atoms. The Hall–Kier alpha value is -3.87. The molecule has 1 N–H and O–H groups in total. The Morgan fingerprint density at radius 1 is 0.963 bits per heavy atom. The number of nitrogens with zero attached hydrogens (tertiary/aromatic N) is 1. The lowest BCUT2D eigenvalue weighted by atomic mass is 10.1. The topological polar surface area (TPSA) is 90.7 Å². The second-order valence-electron chi connectivity index (χ2n) is 5.54. The quantitative estimate of drug-likeness (QED) is 0.508. The molecule has 1 amide bonds. The smallest absolute Gasteiger partial charge is 0.311 e. The number of nitrogens with one attached hydrogen (secondary N) is 1. The number of hydrogen-bond acceptors (Lipinski definition) is 5. The maximum atomic E-state index is 12.4. The molecule has 7 heteroatoms. The average Bonchev–Trinajstić information content (AvgIpc) is 2.68. The maximum absolute atomic E-state index is 12.4. The number of anilines is 1. The minimum absolute atomic E-state index is 0.0924. The van der Waals surface area contributed by atoms with E-state index in [1.165, 1.54) is 25.3 Å². The van der Waals surface area contributed by atoms with Gasteiger partial charge in [0.2, 0.25) is 0 Å². The lowest BCUT2D eigenvalue weighted by Crippen LogP contribution is -2.12. The van der Waals surface area contributed by atoms with Crippen LogP contribution >= 0.6 is 0 Å². The summed E-state index contributed by atoms with van der Waals surface area (Å²) in [4.78, 5) is 23.0. The van der Waals surface area contributed by atoms with Gasteiger partial charge in [-0.15, -0.1) is 0 Å². The van der Waals surface area contributed by atoms with Gasteiger partial charge in [-0.2, -0.15) is 0 Å². The fourth-order valence-corrected chi connectivity index (χ4v) is 2.44. The van der Waals surface area contributed by atoms with Crippen LogP contribution in [0.4, 0.5) is 11.4 Å². The first-order chi connectivity index (χ1) is 13.1. The van der Waals surface area contributed by atoms with Gasteiger partial charge < -0.3 is 14.8 Å². The lowest BCUT2D eigenvalue weighted by molar-refractivity contribution is -0.385. The van der Waals surface area contributed by atoms with Crippen LogP contribution in [-0.2, 0) is 0 Å². The zero-order valence-electron chi connectivity index (χ0n) is 14.4. The minimum Gasteiger partial charge on any atom is -0.490 e. The summed E-state index contributed by atoms with van der Waals surface area (Å²) in [6.45, 7) is 0. The van der Waals surface area contributed by atoms with Crippen LogP contribution in [0.3, 0.4) is 0 Å². The van der Waals surface area contributed by atoms with E-state index in [9.17, 15) is 14.9 Å². The number of hydrogen-bond donors (Lipinski definition) is 1. The normalized spacial score (nSPS) is 10.1. The number of nitro benzene ring substituents is 1. The SMILES string of the molecule is COc1ccc(C(=O)Nc2cccc(Oc3ccccc3)c2)cc1[N+](=O)[O-]. The standard InChI is InChI=1S/C20H16N2O5/c1-26-19-11-10-14(12-18(19)22(24)25)20(23)21-15-6-5-9-17(13-15)27-16-7-3-2-4-8-16/h2-13H,1H3,(H,21,23). The molecule has 7 nitrogen and oxygen atoms in total. The van der Waals surface area contributed by atoms with Crippen molar-refractivity contribution in [2.75, 3.05) is 12.4 Å². The molecule has 0 heterocycles. The average molecular weight is 364 g/mol. The molecule has 0 saturated heterocycles. The van der Waals surface area contributed by atoms with Crippen LogP contribution in [0.5, 0.6) is 17.2 Å². The molecule has 0 aromatic heterocycles. The molecule has 136 valence electrons. The zero-order chi connectivity index (χ0) is 19.2. The summed E-state index contributed by atoms with van der Waals surface area (Å²) in [7, 11) is 1.33. The molecule has 0 spiro atoms. The van der Waals surface area contributed by atoms with E-state index in [2.05, 4.69) is 5.32 Å². The Bertz CT molecular complexity index is 973. The van der Waals surface area contributed by atoms with Crippen molar-refractivity contribution in [1.29, 1.82) is 0 Å². The number of methoxy groups -OCH3 is 1. The Morgan fingerprint density at radius 2 is 1.70 bits per heavy atom. The fraction of sp³-hybridized carbons (Fsp3) is 0.0500. The van der Waals surface area contributed by atoms with Crippen LogP contribution in [0.15, 0.2) is 72.8 Å². The third-order valence-corrected chi connectivity index (χ3v) is 3.71. The van der Waals surface area contributed by atoms with Crippen molar-refractivity contribution in [3.8, 4) is 17.2 Å². The van der Waals surface area contributed by atoms with Crippen molar-refractivity contribution < 1.29 is 19.2 Å². The van der Waals surface area contributed by atoms with Crippen molar-refractivity contribution in [2.24, 2.45) is 0 Å². The minimum atomic E-state index is -0.593. The number of carbonyl (C=O) groups excluding carboxylic acids is 1. The van der Waals surface area contributed by atoms with Crippen LogP contribution in [0.1, 0.15) is 10.4 Å².